The summed E-state index contributed by atoms with van der Waals surface area (Å²) in [6.07, 6.45) is 3.05. The molecule has 6 rings (SSSR count). The third-order valence-corrected chi connectivity index (χ3v) is 6.19. The standard InChI is InChI=1S/C27H17NO6/c29-16-8-6-14(7-9-16)19-13-33-27-23-18(17-5-1-3-15-4-2-10-28-25(15)17)11-22(31)34-21(23)12-20(30)24(27)26(19)32/h1-10,12-13,18,29-30H,11H2. The summed E-state index contributed by atoms with van der Waals surface area (Å²) in [5, 5.41) is 21.2. The van der Waals surface area contributed by atoms with Gasteiger partial charge in [0, 0.05) is 29.1 Å². The van der Waals surface area contributed by atoms with Crippen molar-refractivity contribution in [1.82, 2.24) is 4.98 Å². The Morgan fingerprint density at radius 1 is 0.971 bits per heavy atom. The summed E-state index contributed by atoms with van der Waals surface area (Å²) in [4.78, 5) is 30.4. The lowest BCUT2D eigenvalue weighted by Crippen LogP contribution is -2.22. The number of carbonyl (C=O) groups is 1. The van der Waals surface area contributed by atoms with Gasteiger partial charge in [0.1, 0.15) is 34.5 Å². The van der Waals surface area contributed by atoms with Crippen LogP contribution in [0.3, 0.4) is 0 Å². The van der Waals surface area contributed by atoms with Crippen molar-refractivity contribution in [2.75, 3.05) is 0 Å². The minimum absolute atomic E-state index is 0.000435. The first-order valence-electron chi connectivity index (χ1n) is 10.7. The summed E-state index contributed by atoms with van der Waals surface area (Å²) in [6, 6.07) is 16.9. The highest BCUT2D eigenvalue weighted by Crippen LogP contribution is 2.46. The van der Waals surface area contributed by atoms with Gasteiger partial charge in [0.25, 0.3) is 0 Å². The summed E-state index contributed by atoms with van der Waals surface area (Å²) in [6.45, 7) is 0. The maximum Gasteiger partial charge on any atom is 0.312 e. The van der Waals surface area contributed by atoms with Crippen LogP contribution in [0.2, 0.25) is 0 Å². The smallest absolute Gasteiger partial charge is 0.312 e. The van der Waals surface area contributed by atoms with E-state index in [2.05, 4.69) is 4.98 Å². The van der Waals surface area contributed by atoms with Crippen LogP contribution in [0.15, 0.2) is 82.3 Å². The predicted molar refractivity (Wildman–Crippen MR) is 125 cm³/mol. The Hall–Kier alpha value is -4.65. The van der Waals surface area contributed by atoms with Gasteiger partial charge in [0.2, 0.25) is 5.43 Å². The molecule has 3 heterocycles. The molecule has 1 unspecified atom stereocenters. The highest BCUT2D eigenvalue weighted by molar-refractivity contribution is 5.95. The number of carbonyl (C=O) groups excluding carboxylic acids is 1. The summed E-state index contributed by atoms with van der Waals surface area (Å²) >= 11 is 0. The maximum absolute atomic E-state index is 13.4. The third-order valence-electron chi connectivity index (χ3n) is 6.19. The minimum Gasteiger partial charge on any atom is -0.508 e. The van der Waals surface area contributed by atoms with Gasteiger partial charge in [0.05, 0.1) is 17.5 Å². The van der Waals surface area contributed by atoms with Crippen molar-refractivity contribution >= 4 is 27.8 Å². The molecule has 0 saturated carbocycles. The number of phenolic OH excluding ortho intramolecular Hbond substituents is 2. The Labute approximate surface area is 192 Å². The molecule has 0 fully saturated rings. The average molecular weight is 451 g/mol. The van der Waals surface area contributed by atoms with E-state index in [4.69, 9.17) is 9.15 Å². The second-order valence-corrected chi connectivity index (χ2v) is 8.19. The molecular formula is C27H17NO6. The Bertz CT molecular complexity index is 1660. The topological polar surface area (TPSA) is 110 Å². The molecule has 0 spiro atoms. The normalized spacial score (nSPS) is 15.3. The second kappa shape index (κ2) is 7.45. The van der Waals surface area contributed by atoms with Gasteiger partial charge in [-0.1, -0.05) is 36.4 Å². The van der Waals surface area contributed by atoms with E-state index in [1.54, 1.807) is 18.3 Å². The van der Waals surface area contributed by atoms with Crippen molar-refractivity contribution in [3.63, 3.8) is 0 Å². The van der Waals surface area contributed by atoms with E-state index in [-0.39, 0.29) is 40.2 Å². The number of ether oxygens (including phenoxy) is 1. The SMILES string of the molecule is O=C1CC(c2cccc3cccnc23)c2c(cc(O)c3c(=O)c(-c4ccc(O)cc4)coc23)O1. The average Bonchev–Trinajstić information content (AvgIpc) is 2.84. The minimum atomic E-state index is -0.486. The third kappa shape index (κ3) is 3.02. The maximum atomic E-state index is 13.4. The number of para-hydroxylation sites is 1. The lowest BCUT2D eigenvalue weighted by Gasteiger charge is -2.26. The quantitative estimate of drug-likeness (QED) is 0.291. The van der Waals surface area contributed by atoms with Gasteiger partial charge >= 0.3 is 5.97 Å². The summed E-state index contributed by atoms with van der Waals surface area (Å²) < 4.78 is 11.4. The molecule has 1 aliphatic rings. The van der Waals surface area contributed by atoms with Gasteiger partial charge in [-0.15, -0.1) is 0 Å². The number of aromatic hydroxyl groups is 2. The van der Waals surface area contributed by atoms with Crippen LogP contribution in [0.5, 0.6) is 17.2 Å². The van der Waals surface area contributed by atoms with E-state index in [1.165, 1.54) is 24.5 Å². The van der Waals surface area contributed by atoms with Gasteiger partial charge in [-0.25, -0.2) is 0 Å². The largest absolute Gasteiger partial charge is 0.508 e. The number of esters is 1. The van der Waals surface area contributed by atoms with E-state index in [9.17, 15) is 19.8 Å². The first-order valence-corrected chi connectivity index (χ1v) is 10.7. The zero-order valence-corrected chi connectivity index (χ0v) is 17.7. The molecule has 0 bridgehead atoms. The summed E-state index contributed by atoms with van der Waals surface area (Å²) in [7, 11) is 0. The van der Waals surface area contributed by atoms with Crippen molar-refractivity contribution in [2.24, 2.45) is 0 Å². The first-order chi connectivity index (χ1) is 16.5. The fraction of sp³-hybridized carbons (Fsp3) is 0.0741. The number of aromatic nitrogens is 1. The Morgan fingerprint density at radius 3 is 2.59 bits per heavy atom. The molecule has 3 aromatic carbocycles. The fourth-order valence-corrected chi connectivity index (χ4v) is 4.65. The van der Waals surface area contributed by atoms with Crippen LogP contribution in [-0.4, -0.2) is 21.2 Å². The van der Waals surface area contributed by atoms with Crippen molar-refractivity contribution < 1.29 is 24.2 Å². The zero-order chi connectivity index (χ0) is 23.4. The molecule has 2 N–H and O–H groups in total. The summed E-state index contributed by atoms with van der Waals surface area (Å²) in [5.74, 6) is -1.06. The van der Waals surface area contributed by atoms with Crippen LogP contribution in [0.25, 0.3) is 33.0 Å². The van der Waals surface area contributed by atoms with Gasteiger partial charge in [-0.2, -0.15) is 0 Å². The number of hydrogen-bond donors (Lipinski definition) is 2. The molecule has 0 saturated heterocycles. The predicted octanol–water partition coefficient (Wildman–Crippen LogP) is 4.86. The van der Waals surface area contributed by atoms with Crippen LogP contribution in [0, 0.1) is 0 Å². The number of fused-ring (bicyclic) bond motifs is 4. The number of nitrogens with zero attached hydrogens (tertiary/aromatic N) is 1. The van der Waals surface area contributed by atoms with Crippen molar-refractivity contribution in [1.29, 1.82) is 0 Å². The zero-order valence-electron chi connectivity index (χ0n) is 17.7. The Balaban J connectivity index is 1.64. The van der Waals surface area contributed by atoms with Gasteiger partial charge in [0.15, 0.2) is 0 Å². The van der Waals surface area contributed by atoms with E-state index in [0.29, 0.717) is 11.1 Å². The molecule has 0 amide bonds. The van der Waals surface area contributed by atoms with Crippen LogP contribution < -0.4 is 10.2 Å². The first kappa shape index (κ1) is 20.0. The number of benzene rings is 3. The molecule has 7 heteroatoms. The molecule has 2 aromatic heterocycles. The molecule has 1 atom stereocenters. The van der Waals surface area contributed by atoms with Gasteiger partial charge < -0.3 is 19.4 Å². The monoisotopic (exact) mass is 451 g/mol. The fourth-order valence-electron chi connectivity index (χ4n) is 4.65. The molecule has 34 heavy (non-hydrogen) atoms. The summed E-state index contributed by atoms with van der Waals surface area (Å²) in [5.41, 5.74) is 2.55. The van der Waals surface area contributed by atoms with Crippen molar-refractivity contribution in [3.8, 4) is 28.4 Å². The van der Waals surface area contributed by atoms with E-state index < -0.39 is 17.3 Å². The van der Waals surface area contributed by atoms with Crippen molar-refractivity contribution in [2.45, 2.75) is 12.3 Å². The van der Waals surface area contributed by atoms with Crippen LogP contribution in [0.4, 0.5) is 0 Å². The highest BCUT2D eigenvalue weighted by atomic mass is 16.5. The highest BCUT2D eigenvalue weighted by Gasteiger charge is 2.34. The molecule has 0 radical (unpaired) electrons. The van der Waals surface area contributed by atoms with E-state index in [0.717, 1.165) is 16.5 Å². The molecule has 5 aromatic rings. The Kier molecular flexibility index (Phi) is 4.38. The molecule has 7 nitrogen and oxygen atoms in total. The lowest BCUT2D eigenvalue weighted by molar-refractivity contribution is -0.135. The molecular weight excluding hydrogens is 434 g/mol. The number of rotatable bonds is 2. The Morgan fingerprint density at radius 2 is 1.76 bits per heavy atom. The van der Waals surface area contributed by atoms with Crippen molar-refractivity contribution in [3.05, 3.63) is 94.5 Å². The van der Waals surface area contributed by atoms with Gasteiger partial charge in [-0.3, -0.25) is 14.6 Å². The molecule has 166 valence electrons. The lowest BCUT2D eigenvalue weighted by atomic mass is 9.84. The molecule has 0 aliphatic carbocycles. The number of phenols is 2. The van der Waals surface area contributed by atoms with Gasteiger partial charge in [-0.05, 0) is 29.3 Å². The number of hydrogen-bond acceptors (Lipinski definition) is 7. The molecule has 1 aliphatic heterocycles. The van der Waals surface area contributed by atoms with E-state index in [1.807, 2.05) is 30.3 Å². The number of pyridine rings is 1. The van der Waals surface area contributed by atoms with Crippen LogP contribution >= 0.6 is 0 Å². The van der Waals surface area contributed by atoms with E-state index >= 15 is 0 Å². The van der Waals surface area contributed by atoms with Crippen LogP contribution in [-0.2, 0) is 4.79 Å². The second-order valence-electron chi connectivity index (χ2n) is 8.19. The van der Waals surface area contributed by atoms with Crippen LogP contribution in [0.1, 0.15) is 23.5 Å².